The number of benzene rings is 2. The lowest BCUT2D eigenvalue weighted by molar-refractivity contribution is -0.136. The van der Waals surface area contributed by atoms with E-state index in [4.69, 9.17) is 9.47 Å². The number of para-hydroxylation sites is 2. The highest BCUT2D eigenvalue weighted by Gasteiger charge is 2.35. The fraction of sp³-hybridized carbons (Fsp3) is 0.286. The predicted octanol–water partition coefficient (Wildman–Crippen LogP) is 1.02. The van der Waals surface area contributed by atoms with E-state index in [1.807, 2.05) is 36.4 Å². The van der Waals surface area contributed by atoms with Crippen molar-refractivity contribution in [2.75, 3.05) is 13.2 Å². The van der Waals surface area contributed by atoms with E-state index in [1.54, 1.807) is 23.1 Å². The van der Waals surface area contributed by atoms with E-state index in [0.29, 0.717) is 24.6 Å². The quantitative estimate of drug-likeness (QED) is 0.754. The third-order valence-corrected chi connectivity index (χ3v) is 4.91. The Kier molecular flexibility index (Phi) is 5.33. The normalized spacial score (nSPS) is 20.3. The summed E-state index contributed by atoms with van der Waals surface area (Å²) in [5.74, 6) is -0.471. The van der Waals surface area contributed by atoms with Gasteiger partial charge in [-0.15, -0.1) is 0 Å². The van der Waals surface area contributed by atoms with Gasteiger partial charge in [0.15, 0.2) is 11.5 Å². The summed E-state index contributed by atoms with van der Waals surface area (Å²) in [6, 6.07) is 16.7. The molecular weight excluding hydrogens is 374 g/mol. The fourth-order valence-electron chi connectivity index (χ4n) is 3.36. The smallest absolute Gasteiger partial charge is 0.283 e. The van der Waals surface area contributed by atoms with Gasteiger partial charge in [0.25, 0.3) is 5.91 Å². The molecule has 29 heavy (non-hydrogen) atoms. The van der Waals surface area contributed by atoms with Crippen LogP contribution in [0.2, 0.25) is 0 Å². The number of hydrogen-bond acceptors (Lipinski definition) is 5. The zero-order chi connectivity index (χ0) is 20.2. The van der Waals surface area contributed by atoms with Crippen molar-refractivity contribution >= 4 is 17.7 Å². The molecule has 0 radical (unpaired) electrons. The maximum absolute atomic E-state index is 12.4. The summed E-state index contributed by atoms with van der Waals surface area (Å²) in [6.07, 6.45) is -0.754. The fourth-order valence-corrected chi connectivity index (χ4v) is 3.36. The number of likely N-dealkylation sites (tertiary alicyclic amines) is 1. The second-order valence-electron chi connectivity index (χ2n) is 7.00. The number of hydrazine groups is 1. The molecule has 0 spiro atoms. The molecule has 0 unspecified atom stereocenters. The highest BCUT2D eigenvalue weighted by molar-refractivity contribution is 5.91. The topological polar surface area (TPSA) is 97.0 Å². The molecule has 2 aliphatic heterocycles. The van der Waals surface area contributed by atoms with Crippen LogP contribution in [0.5, 0.6) is 11.5 Å². The summed E-state index contributed by atoms with van der Waals surface area (Å²) >= 11 is 0. The van der Waals surface area contributed by atoms with Crippen LogP contribution in [0.1, 0.15) is 12.0 Å². The maximum Gasteiger partial charge on any atom is 0.283 e. The van der Waals surface area contributed by atoms with Crippen molar-refractivity contribution in [3.63, 3.8) is 0 Å². The largest absolute Gasteiger partial charge is 0.485 e. The number of amides is 3. The van der Waals surface area contributed by atoms with Crippen LogP contribution < -0.4 is 20.3 Å². The molecule has 0 aromatic heterocycles. The summed E-state index contributed by atoms with van der Waals surface area (Å²) in [4.78, 5) is 38.6. The Morgan fingerprint density at radius 1 is 0.966 bits per heavy atom. The minimum absolute atomic E-state index is 0.0471. The van der Waals surface area contributed by atoms with E-state index in [0.717, 1.165) is 5.56 Å². The third-order valence-electron chi connectivity index (χ3n) is 4.91. The molecule has 3 amide bonds. The van der Waals surface area contributed by atoms with Crippen molar-refractivity contribution in [3.8, 4) is 11.5 Å². The molecule has 150 valence electrons. The van der Waals surface area contributed by atoms with E-state index in [2.05, 4.69) is 10.9 Å². The number of rotatable bonds is 4. The van der Waals surface area contributed by atoms with Crippen LogP contribution in [0, 0.1) is 5.92 Å². The molecule has 2 aromatic rings. The Hall–Kier alpha value is -3.55. The highest BCUT2D eigenvalue weighted by atomic mass is 16.6. The summed E-state index contributed by atoms with van der Waals surface area (Å²) in [5, 5.41) is 0. The van der Waals surface area contributed by atoms with Gasteiger partial charge in [-0.3, -0.25) is 25.2 Å². The molecular formula is C21H21N3O5. The number of hydrogen-bond donors (Lipinski definition) is 2. The van der Waals surface area contributed by atoms with Crippen LogP contribution in [-0.4, -0.2) is 41.9 Å². The van der Waals surface area contributed by atoms with Crippen molar-refractivity contribution in [1.29, 1.82) is 0 Å². The van der Waals surface area contributed by atoms with Gasteiger partial charge in [0.05, 0.1) is 5.92 Å². The van der Waals surface area contributed by atoms with Crippen LogP contribution in [0.25, 0.3) is 0 Å². The first-order valence-electron chi connectivity index (χ1n) is 9.40. The summed E-state index contributed by atoms with van der Waals surface area (Å²) in [6.45, 7) is 0.819. The molecule has 4 rings (SSSR count). The molecule has 2 heterocycles. The Labute approximate surface area is 167 Å². The third kappa shape index (κ3) is 4.31. The van der Waals surface area contributed by atoms with E-state index in [1.165, 1.54) is 0 Å². The van der Waals surface area contributed by atoms with Gasteiger partial charge in [-0.1, -0.05) is 42.5 Å². The van der Waals surface area contributed by atoms with Gasteiger partial charge in [0, 0.05) is 19.5 Å². The van der Waals surface area contributed by atoms with Crippen molar-refractivity contribution in [3.05, 3.63) is 60.2 Å². The first-order chi connectivity index (χ1) is 14.1. The Morgan fingerprint density at radius 3 is 2.45 bits per heavy atom. The second kappa shape index (κ2) is 8.22. The van der Waals surface area contributed by atoms with Crippen LogP contribution in [0.4, 0.5) is 0 Å². The van der Waals surface area contributed by atoms with Gasteiger partial charge < -0.3 is 14.4 Å². The van der Waals surface area contributed by atoms with E-state index < -0.39 is 23.8 Å². The average Bonchev–Trinajstić information content (AvgIpc) is 3.12. The van der Waals surface area contributed by atoms with Gasteiger partial charge in [0.1, 0.15) is 6.61 Å². The molecule has 8 heteroatoms. The van der Waals surface area contributed by atoms with Crippen molar-refractivity contribution in [2.45, 2.75) is 19.1 Å². The van der Waals surface area contributed by atoms with Crippen LogP contribution in [-0.2, 0) is 20.9 Å². The molecule has 2 aromatic carbocycles. The van der Waals surface area contributed by atoms with Crippen LogP contribution >= 0.6 is 0 Å². The Morgan fingerprint density at radius 2 is 1.66 bits per heavy atom. The number of fused-ring (bicyclic) bond motifs is 1. The number of ether oxygens (including phenoxy) is 2. The molecule has 0 saturated carbocycles. The van der Waals surface area contributed by atoms with Crippen molar-refractivity contribution < 1.29 is 23.9 Å². The number of nitrogens with zero attached hydrogens (tertiary/aromatic N) is 1. The summed E-state index contributed by atoms with van der Waals surface area (Å²) in [7, 11) is 0. The predicted molar refractivity (Wildman–Crippen MR) is 103 cm³/mol. The zero-order valence-electron chi connectivity index (χ0n) is 15.7. The van der Waals surface area contributed by atoms with E-state index >= 15 is 0 Å². The number of nitrogens with one attached hydrogen (secondary N) is 2. The molecule has 2 aliphatic rings. The Balaban J connectivity index is 1.27. The summed E-state index contributed by atoms with van der Waals surface area (Å²) < 4.78 is 11.1. The second-order valence-corrected chi connectivity index (χ2v) is 7.00. The molecule has 1 fully saturated rings. The maximum atomic E-state index is 12.4. The SMILES string of the molecule is O=C(NNC(=O)[C@@H]1COc2ccccc2O1)[C@H]1CC(=O)N(Cc2ccccc2)C1. The van der Waals surface area contributed by atoms with Gasteiger partial charge in [-0.2, -0.15) is 0 Å². The summed E-state index contributed by atoms with van der Waals surface area (Å²) in [5.41, 5.74) is 5.77. The monoisotopic (exact) mass is 395 g/mol. The lowest BCUT2D eigenvalue weighted by atomic mass is 10.1. The van der Waals surface area contributed by atoms with Crippen molar-refractivity contribution in [2.24, 2.45) is 5.92 Å². The molecule has 2 atom stereocenters. The van der Waals surface area contributed by atoms with Gasteiger partial charge >= 0.3 is 0 Å². The first-order valence-corrected chi connectivity index (χ1v) is 9.40. The zero-order valence-corrected chi connectivity index (χ0v) is 15.7. The minimum atomic E-state index is -0.870. The minimum Gasteiger partial charge on any atom is -0.485 e. The van der Waals surface area contributed by atoms with Gasteiger partial charge in [-0.25, -0.2) is 0 Å². The lowest BCUT2D eigenvalue weighted by Gasteiger charge is -2.25. The molecule has 2 N–H and O–H groups in total. The highest BCUT2D eigenvalue weighted by Crippen LogP contribution is 2.30. The molecule has 8 nitrogen and oxygen atoms in total. The standard InChI is InChI=1S/C21H21N3O5/c25-19-10-15(12-24(19)11-14-6-2-1-3-7-14)20(26)22-23-21(27)18-13-28-16-8-4-5-9-17(16)29-18/h1-9,15,18H,10-13H2,(H,22,26)(H,23,27)/t15-,18-/m0/s1. The lowest BCUT2D eigenvalue weighted by Crippen LogP contribution is -2.52. The number of carbonyl (C=O) groups is 3. The molecule has 0 aliphatic carbocycles. The van der Waals surface area contributed by atoms with Gasteiger partial charge in [0.2, 0.25) is 17.9 Å². The molecule has 0 bridgehead atoms. The molecule has 1 saturated heterocycles. The van der Waals surface area contributed by atoms with Crippen LogP contribution in [0.3, 0.4) is 0 Å². The Bertz CT molecular complexity index is 918. The van der Waals surface area contributed by atoms with E-state index in [-0.39, 0.29) is 18.9 Å². The average molecular weight is 395 g/mol. The van der Waals surface area contributed by atoms with Crippen molar-refractivity contribution in [1.82, 2.24) is 15.8 Å². The van der Waals surface area contributed by atoms with Gasteiger partial charge in [-0.05, 0) is 17.7 Å². The van der Waals surface area contributed by atoms with Crippen LogP contribution in [0.15, 0.2) is 54.6 Å². The van der Waals surface area contributed by atoms with E-state index in [9.17, 15) is 14.4 Å². The number of carbonyl (C=O) groups excluding carboxylic acids is 3. The first kappa shape index (κ1) is 18.8.